The quantitative estimate of drug-likeness (QED) is 0.793. The van der Waals surface area contributed by atoms with Gasteiger partial charge < -0.3 is 5.32 Å². The summed E-state index contributed by atoms with van der Waals surface area (Å²) in [6.07, 6.45) is 1.75. The Morgan fingerprint density at radius 2 is 1.71 bits per heavy atom. The van der Waals surface area contributed by atoms with Crippen LogP contribution < -0.4 is 5.32 Å². The number of nitrogens with zero attached hydrogens (tertiary/aromatic N) is 4. The molecule has 1 aromatic heterocycles. The normalized spacial score (nSPS) is 13.7. The Kier molecular flexibility index (Phi) is 3.78. The van der Waals surface area contributed by atoms with E-state index in [1.165, 1.54) is 15.9 Å². The molecule has 0 saturated heterocycles. The number of aromatic nitrogens is 4. The lowest BCUT2D eigenvalue weighted by atomic mass is 10.1. The van der Waals surface area contributed by atoms with Crippen molar-refractivity contribution in [2.45, 2.75) is 25.4 Å². The van der Waals surface area contributed by atoms with E-state index in [-0.39, 0.29) is 18.5 Å². The lowest BCUT2D eigenvalue weighted by molar-refractivity contribution is -0.122. The van der Waals surface area contributed by atoms with Crippen LogP contribution in [0.1, 0.15) is 11.1 Å². The second-order valence-corrected chi connectivity index (χ2v) is 5.95. The van der Waals surface area contributed by atoms with Gasteiger partial charge in [0.1, 0.15) is 6.54 Å². The minimum atomic E-state index is -0.0928. The Bertz CT molecular complexity index is 834. The number of benzene rings is 2. The highest BCUT2D eigenvalue weighted by Crippen LogP contribution is 2.21. The summed E-state index contributed by atoms with van der Waals surface area (Å²) in [4.78, 5) is 13.6. The minimum absolute atomic E-state index is 0.0761. The zero-order chi connectivity index (χ0) is 16.4. The summed E-state index contributed by atoms with van der Waals surface area (Å²) in [7, 11) is 0. The molecule has 0 bridgehead atoms. The van der Waals surface area contributed by atoms with Gasteiger partial charge in [-0.05, 0) is 29.2 Å². The summed E-state index contributed by atoms with van der Waals surface area (Å²) in [6, 6.07) is 18.0. The number of hydrogen-bond acceptors (Lipinski definition) is 4. The van der Waals surface area contributed by atoms with Crippen molar-refractivity contribution in [3.8, 4) is 11.4 Å². The first-order valence-electron chi connectivity index (χ1n) is 7.97. The molecule has 6 nitrogen and oxygen atoms in total. The van der Waals surface area contributed by atoms with Crippen molar-refractivity contribution in [1.82, 2.24) is 25.5 Å². The van der Waals surface area contributed by atoms with Crippen LogP contribution in [0.15, 0.2) is 54.6 Å². The van der Waals surface area contributed by atoms with Gasteiger partial charge in [0.05, 0.1) is 0 Å². The number of fused-ring (bicyclic) bond motifs is 1. The van der Waals surface area contributed by atoms with E-state index in [2.05, 4.69) is 32.9 Å². The van der Waals surface area contributed by atoms with Gasteiger partial charge in [0.15, 0.2) is 0 Å². The third-order valence-electron chi connectivity index (χ3n) is 4.19. The fourth-order valence-electron chi connectivity index (χ4n) is 3.08. The summed E-state index contributed by atoms with van der Waals surface area (Å²) >= 11 is 0. The number of amides is 1. The predicted octanol–water partition coefficient (Wildman–Crippen LogP) is 1.62. The van der Waals surface area contributed by atoms with Crippen molar-refractivity contribution < 1.29 is 4.79 Å². The van der Waals surface area contributed by atoms with Gasteiger partial charge in [0.2, 0.25) is 11.7 Å². The van der Waals surface area contributed by atoms with Gasteiger partial charge in [-0.3, -0.25) is 4.79 Å². The summed E-state index contributed by atoms with van der Waals surface area (Å²) in [5, 5.41) is 15.3. The average Bonchev–Trinajstić information content (AvgIpc) is 3.21. The maximum absolute atomic E-state index is 12.2. The molecule has 1 heterocycles. The van der Waals surface area contributed by atoms with Crippen LogP contribution >= 0.6 is 0 Å². The van der Waals surface area contributed by atoms with Crippen LogP contribution in [0.3, 0.4) is 0 Å². The molecule has 120 valence electrons. The Hall–Kier alpha value is -3.02. The maximum Gasteiger partial charge on any atom is 0.243 e. The molecule has 0 spiro atoms. The van der Waals surface area contributed by atoms with Crippen molar-refractivity contribution in [2.24, 2.45) is 0 Å². The largest absolute Gasteiger partial charge is 0.351 e. The number of nitrogens with one attached hydrogen (secondary N) is 1. The smallest absolute Gasteiger partial charge is 0.243 e. The molecular formula is C18H17N5O. The van der Waals surface area contributed by atoms with E-state index in [0.29, 0.717) is 5.82 Å². The molecule has 1 amide bonds. The third kappa shape index (κ3) is 3.03. The van der Waals surface area contributed by atoms with E-state index in [9.17, 15) is 4.79 Å². The second-order valence-electron chi connectivity index (χ2n) is 5.95. The van der Waals surface area contributed by atoms with Gasteiger partial charge >= 0.3 is 0 Å². The predicted molar refractivity (Wildman–Crippen MR) is 89.0 cm³/mol. The molecule has 0 atom stereocenters. The monoisotopic (exact) mass is 319 g/mol. The highest BCUT2D eigenvalue weighted by Gasteiger charge is 2.22. The molecule has 0 unspecified atom stereocenters. The Morgan fingerprint density at radius 3 is 2.42 bits per heavy atom. The summed E-state index contributed by atoms with van der Waals surface area (Å²) < 4.78 is 0. The SMILES string of the molecule is O=C(Cn1nnc(-c2ccccc2)n1)NC1Cc2ccccc2C1. The minimum Gasteiger partial charge on any atom is -0.351 e. The van der Waals surface area contributed by atoms with Crippen molar-refractivity contribution in [1.29, 1.82) is 0 Å². The molecule has 0 saturated carbocycles. The highest BCUT2D eigenvalue weighted by molar-refractivity contribution is 5.76. The molecule has 0 fully saturated rings. The second kappa shape index (κ2) is 6.23. The molecule has 0 aliphatic heterocycles. The van der Waals surface area contributed by atoms with Crippen LogP contribution in [0, 0.1) is 0 Å². The molecule has 3 aromatic rings. The van der Waals surface area contributed by atoms with Crippen molar-refractivity contribution >= 4 is 5.91 Å². The summed E-state index contributed by atoms with van der Waals surface area (Å²) in [6.45, 7) is 0.0761. The van der Waals surface area contributed by atoms with Crippen molar-refractivity contribution in [3.63, 3.8) is 0 Å². The first kappa shape index (κ1) is 14.6. The number of hydrogen-bond donors (Lipinski definition) is 1. The first-order chi connectivity index (χ1) is 11.8. The van der Waals surface area contributed by atoms with Crippen molar-refractivity contribution in [3.05, 3.63) is 65.7 Å². The van der Waals surface area contributed by atoms with Gasteiger partial charge in [-0.2, -0.15) is 4.80 Å². The summed E-state index contributed by atoms with van der Waals surface area (Å²) in [5.41, 5.74) is 3.51. The average molecular weight is 319 g/mol. The summed E-state index contributed by atoms with van der Waals surface area (Å²) in [5.74, 6) is 0.432. The third-order valence-corrected chi connectivity index (χ3v) is 4.19. The maximum atomic E-state index is 12.2. The fraction of sp³-hybridized carbons (Fsp3) is 0.222. The lowest BCUT2D eigenvalue weighted by Crippen LogP contribution is -2.37. The molecule has 1 aliphatic carbocycles. The molecular weight excluding hydrogens is 302 g/mol. The topological polar surface area (TPSA) is 72.7 Å². The molecule has 1 aliphatic rings. The zero-order valence-corrected chi connectivity index (χ0v) is 13.1. The van der Waals surface area contributed by atoms with Gasteiger partial charge in [0, 0.05) is 11.6 Å². The Balaban J connectivity index is 1.37. The molecule has 2 aromatic carbocycles. The van der Waals surface area contributed by atoms with Crippen LogP contribution in [0.4, 0.5) is 0 Å². The van der Waals surface area contributed by atoms with E-state index >= 15 is 0 Å². The van der Waals surface area contributed by atoms with E-state index in [1.54, 1.807) is 0 Å². The Labute approximate surface area is 139 Å². The van der Waals surface area contributed by atoms with E-state index in [0.717, 1.165) is 18.4 Å². The first-order valence-corrected chi connectivity index (χ1v) is 7.97. The molecule has 1 N–H and O–H groups in total. The van der Waals surface area contributed by atoms with Crippen LogP contribution in [-0.2, 0) is 24.2 Å². The number of carbonyl (C=O) groups excluding carboxylic acids is 1. The highest BCUT2D eigenvalue weighted by atomic mass is 16.2. The lowest BCUT2D eigenvalue weighted by Gasteiger charge is -2.11. The van der Waals surface area contributed by atoms with E-state index in [4.69, 9.17) is 0 Å². The van der Waals surface area contributed by atoms with E-state index < -0.39 is 0 Å². The van der Waals surface area contributed by atoms with Crippen LogP contribution in [0.25, 0.3) is 11.4 Å². The number of carbonyl (C=O) groups is 1. The molecule has 0 radical (unpaired) electrons. The van der Waals surface area contributed by atoms with Gasteiger partial charge in [-0.1, -0.05) is 54.6 Å². The van der Waals surface area contributed by atoms with E-state index in [1.807, 2.05) is 42.5 Å². The fourth-order valence-corrected chi connectivity index (χ4v) is 3.08. The standard InChI is InChI=1S/C18H17N5O/c24-17(19-16-10-14-8-4-5-9-15(14)11-16)12-23-21-18(20-22-23)13-6-2-1-3-7-13/h1-9,16H,10-12H2,(H,19,24). The van der Waals surface area contributed by atoms with Gasteiger partial charge in [-0.25, -0.2) is 0 Å². The molecule has 6 heteroatoms. The molecule has 24 heavy (non-hydrogen) atoms. The van der Waals surface area contributed by atoms with Gasteiger partial charge in [0.25, 0.3) is 0 Å². The van der Waals surface area contributed by atoms with Crippen LogP contribution in [-0.4, -0.2) is 32.2 Å². The van der Waals surface area contributed by atoms with Crippen LogP contribution in [0.5, 0.6) is 0 Å². The zero-order valence-electron chi connectivity index (χ0n) is 13.1. The number of tetrazole rings is 1. The number of rotatable bonds is 4. The molecule has 4 rings (SSSR count). The van der Waals surface area contributed by atoms with Crippen molar-refractivity contribution in [2.75, 3.05) is 0 Å². The van der Waals surface area contributed by atoms with Crippen LogP contribution in [0.2, 0.25) is 0 Å². The van der Waals surface area contributed by atoms with Gasteiger partial charge in [-0.15, -0.1) is 10.2 Å². The Morgan fingerprint density at radius 1 is 1.04 bits per heavy atom.